The molecule has 5 rings (SSSR count). The molecule has 0 aliphatic rings. The van der Waals surface area contributed by atoms with Crippen molar-refractivity contribution in [2.24, 2.45) is 0 Å². The van der Waals surface area contributed by atoms with Gasteiger partial charge in [-0.2, -0.15) is 10.2 Å². The largest absolute Gasteiger partial charge is 0.495 e. The minimum atomic E-state index is -0.415. The van der Waals surface area contributed by atoms with E-state index in [0.29, 0.717) is 34.0 Å². The van der Waals surface area contributed by atoms with Gasteiger partial charge in [0, 0.05) is 16.9 Å². The van der Waals surface area contributed by atoms with Crippen molar-refractivity contribution in [1.29, 1.82) is 5.26 Å². The van der Waals surface area contributed by atoms with Crippen molar-refractivity contribution < 1.29 is 4.74 Å². The molecule has 182 valence electrons. The first-order chi connectivity index (χ1) is 18.0. The van der Waals surface area contributed by atoms with Crippen LogP contribution in [0.25, 0.3) is 27.7 Å². The quantitative estimate of drug-likeness (QED) is 0.357. The molecule has 37 heavy (non-hydrogen) atoms. The second kappa shape index (κ2) is 9.79. The van der Waals surface area contributed by atoms with Crippen LogP contribution < -0.4 is 21.3 Å². The van der Waals surface area contributed by atoms with Crippen LogP contribution in [-0.4, -0.2) is 26.6 Å². The molecular formula is C28H23N7O2. The Kier molecular flexibility index (Phi) is 6.22. The van der Waals surface area contributed by atoms with Crippen LogP contribution in [0.3, 0.4) is 0 Å². The molecule has 3 aromatic heterocycles. The standard InChI is InChI=1S/C28H23N7O2/c1-17(33-26-19(14-29)15-32-28(30)34-26)24-13-18-7-6-10-22(23-12-11-21(37-2)16-31-23)25(18)27(36)35(24)20-8-4-3-5-9-20/h3-13,15-17H,1-2H3,(H3,30,32,33,34)/t17-/m0/s1. The fourth-order valence-corrected chi connectivity index (χ4v) is 4.28. The highest BCUT2D eigenvalue weighted by atomic mass is 16.5. The van der Waals surface area contributed by atoms with Crippen molar-refractivity contribution in [3.05, 3.63) is 101 Å². The van der Waals surface area contributed by atoms with Crippen LogP contribution in [0.15, 0.2) is 83.9 Å². The highest BCUT2D eigenvalue weighted by Crippen LogP contribution is 2.30. The number of hydrogen-bond acceptors (Lipinski definition) is 8. The van der Waals surface area contributed by atoms with Gasteiger partial charge in [-0.15, -0.1) is 0 Å². The molecule has 0 aliphatic carbocycles. The zero-order chi connectivity index (χ0) is 25.9. The van der Waals surface area contributed by atoms with Gasteiger partial charge in [-0.1, -0.05) is 36.4 Å². The molecule has 5 aromatic rings. The molecule has 0 amide bonds. The molecule has 0 fully saturated rings. The third-order valence-electron chi connectivity index (χ3n) is 6.06. The smallest absolute Gasteiger partial charge is 0.263 e. The number of fused-ring (bicyclic) bond motifs is 1. The summed E-state index contributed by atoms with van der Waals surface area (Å²) in [6.45, 7) is 1.90. The number of nitrogens with two attached hydrogens (primary N) is 1. The summed E-state index contributed by atoms with van der Waals surface area (Å²) >= 11 is 0. The maximum Gasteiger partial charge on any atom is 0.263 e. The molecule has 0 bridgehead atoms. The number of nitrogen functional groups attached to an aromatic ring is 1. The molecule has 9 heteroatoms. The minimum Gasteiger partial charge on any atom is -0.495 e. The fourth-order valence-electron chi connectivity index (χ4n) is 4.28. The first-order valence-electron chi connectivity index (χ1n) is 11.5. The topological polar surface area (TPSA) is 132 Å². The van der Waals surface area contributed by atoms with Crippen LogP contribution in [-0.2, 0) is 0 Å². The van der Waals surface area contributed by atoms with E-state index in [1.165, 1.54) is 6.20 Å². The van der Waals surface area contributed by atoms with Gasteiger partial charge >= 0.3 is 0 Å². The summed E-state index contributed by atoms with van der Waals surface area (Å²) in [6, 6.07) is 22.4. The molecule has 0 aliphatic heterocycles. The van der Waals surface area contributed by atoms with E-state index in [2.05, 4.69) is 26.3 Å². The van der Waals surface area contributed by atoms with E-state index in [1.807, 2.05) is 73.7 Å². The second-order valence-corrected chi connectivity index (χ2v) is 8.37. The third kappa shape index (κ3) is 4.44. The Hall–Kier alpha value is -5.23. The first kappa shape index (κ1) is 23.5. The van der Waals surface area contributed by atoms with Gasteiger partial charge in [0.2, 0.25) is 5.95 Å². The van der Waals surface area contributed by atoms with Crippen LogP contribution in [0.5, 0.6) is 5.75 Å². The monoisotopic (exact) mass is 489 g/mol. The van der Waals surface area contributed by atoms with Crippen molar-refractivity contribution >= 4 is 22.5 Å². The van der Waals surface area contributed by atoms with Crippen molar-refractivity contribution in [2.45, 2.75) is 13.0 Å². The van der Waals surface area contributed by atoms with E-state index in [-0.39, 0.29) is 17.1 Å². The third-order valence-corrected chi connectivity index (χ3v) is 6.06. The van der Waals surface area contributed by atoms with Gasteiger partial charge in [-0.25, -0.2) is 4.98 Å². The Morgan fingerprint density at radius 2 is 1.86 bits per heavy atom. The number of ether oxygens (including phenoxy) is 1. The molecule has 3 N–H and O–H groups in total. The number of nitrogens with one attached hydrogen (secondary N) is 1. The highest BCUT2D eigenvalue weighted by Gasteiger charge is 2.20. The zero-order valence-electron chi connectivity index (χ0n) is 20.2. The Morgan fingerprint density at radius 3 is 2.57 bits per heavy atom. The number of aromatic nitrogens is 4. The summed E-state index contributed by atoms with van der Waals surface area (Å²) in [4.78, 5) is 26.8. The number of benzene rings is 2. The average Bonchev–Trinajstić information content (AvgIpc) is 2.93. The van der Waals surface area contributed by atoms with Crippen molar-refractivity contribution in [3.8, 4) is 28.8 Å². The second-order valence-electron chi connectivity index (χ2n) is 8.37. The number of para-hydroxylation sites is 1. The summed E-state index contributed by atoms with van der Waals surface area (Å²) in [7, 11) is 1.58. The van der Waals surface area contributed by atoms with E-state index in [9.17, 15) is 10.1 Å². The number of rotatable bonds is 6. The molecule has 0 unspecified atom stereocenters. The number of methoxy groups -OCH3 is 1. The van der Waals surface area contributed by atoms with E-state index >= 15 is 0 Å². The van der Waals surface area contributed by atoms with E-state index in [1.54, 1.807) is 17.9 Å². The van der Waals surface area contributed by atoms with Gasteiger partial charge in [0.15, 0.2) is 0 Å². The lowest BCUT2D eigenvalue weighted by molar-refractivity contribution is 0.413. The first-order valence-corrected chi connectivity index (χ1v) is 11.5. The molecule has 9 nitrogen and oxygen atoms in total. The number of nitrogens with zero attached hydrogens (tertiary/aromatic N) is 5. The minimum absolute atomic E-state index is 0.0456. The van der Waals surface area contributed by atoms with Crippen molar-refractivity contribution in [1.82, 2.24) is 19.5 Å². The Bertz CT molecular complexity index is 1690. The van der Waals surface area contributed by atoms with Gasteiger partial charge in [-0.05, 0) is 42.6 Å². The number of nitriles is 1. The lowest BCUT2D eigenvalue weighted by Crippen LogP contribution is -2.26. The SMILES string of the molecule is COc1ccc(-c2cccc3cc([C@H](C)Nc4nc(N)ncc4C#N)n(-c4ccccc4)c(=O)c23)nc1. The summed E-state index contributed by atoms with van der Waals surface area (Å²) in [5, 5.41) is 14.1. The Morgan fingerprint density at radius 1 is 1.05 bits per heavy atom. The molecule has 3 heterocycles. The average molecular weight is 490 g/mol. The predicted octanol–water partition coefficient (Wildman–Crippen LogP) is 4.48. The van der Waals surface area contributed by atoms with Crippen LogP contribution >= 0.6 is 0 Å². The maximum absolute atomic E-state index is 14.2. The van der Waals surface area contributed by atoms with Gasteiger partial charge < -0.3 is 15.8 Å². The molecule has 0 saturated heterocycles. The van der Waals surface area contributed by atoms with E-state index in [0.717, 1.165) is 10.9 Å². The highest BCUT2D eigenvalue weighted by molar-refractivity contribution is 5.95. The van der Waals surface area contributed by atoms with E-state index < -0.39 is 6.04 Å². The summed E-state index contributed by atoms with van der Waals surface area (Å²) in [5.41, 5.74) is 8.60. The van der Waals surface area contributed by atoms with Crippen LogP contribution in [0, 0.1) is 11.3 Å². The van der Waals surface area contributed by atoms with Gasteiger partial charge in [0.25, 0.3) is 5.56 Å². The molecule has 1 atom stereocenters. The van der Waals surface area contributed by atoms with Gasteiger partial charge in [-0.3, -0.25) is 14.3 Å². The lowest BCUT2D eigenvalue weighted by Gasteiger charge is -2.22. The zero-order valence-corrected chi connectivity index (χ0v) is 20.2. The number of hydrogen-bond donors (Lipinski definition) is 2. The summed E-state index contributed by atoms with van der Waals surface area (Å²) in [6.07, 6.45) is 3.00. The fraction of sp³-hybridized carbons (Fsp3) is 0.107. The predicted molar refractivity (Wildman–Crippen MR) is 143 cm³/mol. The van der Waals surface area contributed by atoms with Crippen LogP contribution in [0.4, 0.5) is 11.8 Å². The molecule has 0 saturated carbocycles. The van der Waals surface area contributed by atoms with Crippen molar-refractivity contribution in [3.63, 3.8) is 0 Å². The van der Waals surface area contributed by atoms with Gasteiger partial charge in [0.05, 0.1) is 36.6 Å². The molecule has 0 spiro atoms. The van der Waals surface area contributed by atoms with Crippen molar-refractivity contribution in [2.75, 3.05) is 18.2 Å². The van der Waals surface area contributed by atoms with Gasteiger partial charge in [0.1, 0.15) is 23.2 Å². The van der Waals surface area contributed by atoms with Crippen LogP contribution in [0.2, 0.25) is 0 Å². The summed E-state index contributed by atoms with van der Waals surface area (Å²) < 4.78 is 6.91. The number of anilines is 2. The van der Waals surface area contributed by atoms with Crippen LogP contribution in [0.1, 0.15) is 24.2 Å². The normalized spacial score (nSPS) is 11.6. The molecular weight excluding hydrogens is 466 g/mol. The summed E-state index contributed by atoms with van der Waals surface area (Å²) in [5.74, 6) is 0.977. The molecule has 0 radical (unpaired) electrons. The van der Waals surface area contributed by atoms with E-state index in [4.69, 9.17) is 10.5 Å². The Balaban J connectivity index is 1.73. The Labute approximate surface area is 212 Å². The molecule has 2 aromatic carbocycles. The lowest BCUT2D eigenvalue weighted by atomic mass is 10.0. The number of pyridine rings is 2. The maximum atomic E-state index is 14.2.